The number of ether oxygens (including phenoxy) is 1. The SMILES string of the molecule is CC(=O)O[C@H]1CC[C@@]2(C)C(=CC(=NO)C3C2CC[C@@]2(C)C3CC[C@@H]2C(C)=O)C1. The van der Waals surface area contributed by atoms with Crippen molar-refractivity contribution in [2.24, 2.45) is 39.7 Å². The summed E-state index contributed by atoms with van der Waals surface area (Å²) in [7, 11) is 0. The third kappa shape index (κ3) is 2.76. The van der Waals surface area contributed by atoms with Crippen LogP contribution in [0.25, 0.3) is 0 Å². The molecule has 1 N–H and O–H groups in total. The first-order valence-electron chi connectivity index (χ1n) is 10.8. The van der Waals surface area contributed by atoms with E-state index in [9.17, 15) is 14.8 Å². The summed E-state index contributed by atoms with van der Waals surface area (Å²) in [5.41, 5.74) is 2.12. The van der Waals surface area contributed by atoms with Crippen molar-refractivity contribution in [1.82, 2.24) is 0 Å². The van der Waals surface area contributed by atoms with Gasteiger partial charge in [-0.3, -0.25) is 9.59 Å². The molecule has 4 aliphatic carbocycles. The molecule has 0 amide bonds. The second kappa shape index (κ2) is 6.70. The summed E-state index contributed by atoms with van der Waals surface area (Å²) in [6.45, 7) is 7.85. The molecule has 0 aromatic heterocycles. The van der Waals surface area contributed by atoms with Gasteiger partial charge in [0.25, 0.3) is 0 Å². The maximum Gasteiger partial charge on any atom is 0.302 e. The van der Waals surface area contributed by atoms with Crippen molar-refractivity contribution in [3.8, 4) is 0 Å². The van der Waals surface area contributed by atoms with E-state index in [1.54, 1.807) is 6.92 Å². The number of rotatable bonds is 2. The number of ketones is 1. The Balaban J connectivity index is 1.69. The maximum absolute atomic E-state index is 12.3. The highest BCUT2D eigenvalue weighted by Crippen LogP contribution is 2.65. The molecule has 0 radical (unpaired) electrons. The zero-order valence-electron chi connectivity index (χ0n) is 17.5. The fourth-order valence-corrected chi connectivity index (χ4v) is 7.49. The maximum atomic E-state index is 12.3. The third-order valence-electron chi connectivity index (χ3n) is 8.86. The van der Waals surface area contributed by atoms with E-state index in [0.717, 1.165) is 50.7 Å². The van der Waals surface area contributed by atoms with Gasteiger partial charge in [0, 0.05) is 25.2 Å². The molecule has 0 heterocycles. The molecule has 3 saturated carbocycles. The van der Waals surface area contributed by atoms with E-state index in [2.05, 4.69) is 25.1 Å². The Bertz CT molecular complexity index is 756. The summed E-state index contributed by atoms with van der Waals surface area (Å²) in [6.07, 6.45) is 8.76. The number of nitrogens with zero attached hydrogens (tertiary/aromatic N) is 1. The average molecular weight is 388 g/mol. The first-order chi connectivity index (χ1) is 13.2. The highest BCUT2D eigenvalue weighted by molar-refractivity contribution is 5.99. The lowest BCUT2D eigenvalue weighted by atomic mass is 9.47. The van der Waals surface area contributed by atoms with Crippen LogP contribution in [0.5, 0.6) is 0 Å². The lowest BCUT2D eigenvalue weighted by Crippen LogP contribution is -2.54. The highest BCUT2D eigenvalue weighted by Gasteiger charge is 2.61. The number of Topliss-reactive ketones (excluding diaryl/α,β-unsaturated/α-hetero) is 1. The molecule has 0 aromatic carbocycles. The van der Waals surface area contributed by atoms with Crippen molar-refractivity contribution >= 4 is 17.5 Å². The largest absolute Gasteiger partial charge is 0.462 e. The van der Waals surface area contributed by atoms with Crippen LogP contribution in [-0.2, 0) is 14.3 Å². The number of carbonyl (C=O) groups is 2. The Morgan fingerprint density at radius 2 is 1.86 bits per heavy atom. The third-order valence-corrected chi connectivity index (χ3v) is 8.86. The summed E-state index contributed by atoms with van der Waals surface area (Å²) >= 11 is 0. The Morgan fingerprint density at radius 3 is 2.50 bits per heavy atom. The molecule has 0 saturated heterocycles. The van der Waals surface area contributed by atoms with E-state index in [0.29, 0.717) is 17.6 Å². The molecular weight excluding hydrogens is 354 g/mol. The predicted octanol–water partition coefficient (Wildman–Crippen LogP) is 4.53. The molecule has 5 heteroatoms. The molecule has 154 valence electrons. The van der Waals surface area contributed by atoms with Crippen LogP contribution in [0.15, 0.2) is 16.8 Å². The molecule has 0 spiro atoms. The number of hydrogen-bond acceptors (Lipinski definition) is 5. The standard InChI is InChI=1S/C23H33NO4/c1-13(25)17-5-6-18-21-19(8-10-23(17,18)4)22(3)9-7-16(28-14(2)26)11-15(22)12-20(21)24-27/h12,16-19,21,27H,5-11H2,1-4H3/t16-,17+,18?,19?,21?,22-,23+/m0/s1. The second-order valence-corrected chi connectivity index (χ2v) is 10.1. The van der Waals surface area contributed by atoms with Gasteiger partial charge in [0.05, 0.1) is 5.71 Å². The average Bonchev–Trinajstić information content (AvgIpc) is 2.98. The molecule has 5 nitrogen and oxygen atoms in total. The van der Waals surface area contributed by atoms with E-state index in [1.807, 2.05) is 0 Å². The van der Waals surface area contributed by atoms with Gasteiger partial charge in [-0.05, 0) is 74.2 Å². The van der Waals surface area contributed by atoms with Crippen LogP contribution in [-0.4, -0.2) is 28.8 Å². The molecule has 28 heavy (non-hydrogen) atoms. The van der Waals surface area contributed by atoms with Crippen molar-refractivity contribution < 1.29 is 19.5 Å². The van der Waals surface area contributed by atoms with Gasteiger partial charge in [0.15, 0.2) is 0 Å². The monoisotopic (exact) mass is 387 g/mol. The molecule has 3 unspecified atom stereocenters. The van der Waals surface area contributed by atoms with E-state index >= 15 is 0 Å². The second-order valence-electron chi connectivity index (χ2n) is 10.1. The van der Waals surface area contributed by atoms with Crippen molar-refractivity contribution in [2.45, 2.75) is 78.7 Å². The summed E-state index contributed by atoms with van der Waals surface area (Å²) in [4.78, 5) is 23.7. The van der Waals surface area contributed by atoms with Crippen LogP contribution in [0.4, 0.5) is 0 Å². The van der Waals surface area contributed by atoms with Crippen molar-refractivity contribution in [3.05, 3.63) is 11.6 Å². The number of fused-ring (bicyclic) bond motifs is 5. The molecule has 0 aliphatic heterocycles. The predicted molar refractivity (Wildman–Crippen MR) is 106 cm³/mol. The molecule has 0 bridgehead atoms. The van der Waals surface area contributed by atoms with Gasteiger partial charge >= 0.3 is 5.97 Å². The minimum Gasteiger partial charge on any atom is -0.462 e. The highest BCUT2D eigenvalue weighted by atomic mass is 16.5. The molecule has 4 aliphatic rings. The Kier molecular flexibility index (Phi) is 4.71. The van der Waals surface area contributed by atoms with Crippen LogP contribution in [0.3, 0.4) is 0 Å². The molecule has 3 fully saturated rings. The first-order valence-corrected chi connectivity index (χ1v) is 10.8. The van der Waals surface area contributed by atoms with Crippen LogP contribution in [0, 0.1) is 34.5 Å². The van der Waals surface area contributed by atoms with Gasteiger partial charge in [-0.2, -0.15) is 0 Å². The van der Waals surface area contributed by atoms with Gasteiger partial charge < -0.3 is 9.94 Å². The lowest BCUT2D eigenvalue weighted by Gasteiger charge is -2.57. The van der Waals surface area contributed by atoms with Crippen molar-refractivity contribution in [1.29, 1.82) is 0 Å². The fraction of sp³-hybridized carbons (Fsp3) is 0.783. The quantitative estimate of drug-likeness (QED) is 0.429. The van der Waals surface area contributed by atoms with Crippen LogP contribution in [0.1, 0.15) is 72.6 Å². The lowest BCUT2D eigenvalue weighted by molar-refractivity contribution is -0.148. The van der Waals surface area contributed by atoms with Crippen molar-refractivity contribution in [2.75, 3.05) is 0 Å². The number of carbonyl (C=O) groups excluding carboxylic acids is 2. The number of esters is 1. The Hall–Kier alpha value is -1.65. The summed E-state index contributed by atoms with van der Waals surface area (Å²) in [6, 6.07) is 0. The van der Waals surface area contributed by atoms with Gasteiger partial charge in [-0.25, -0.2) is 0 Å². The zero-order valence-corrected chi connectivity index (χ0v) is 17.5. The summed E-state index contributed by atoms with van der Waals surface area (Å²) in [5, 5.41) is 13.6. The van der Waals surface area contributed by atoms with Gasteiger partial charge in [0.1, 0.15) is 11.9 Å². The molecule has 0 aromatic rings. The van der Waals surface area contributed by atoms with Crippen LogP contribution < -0.4 is 0 Å². The molecular formula is C23H33NO4. The van der Waals surface area contributed by atoms with Crippen molar-refractivity contribution in [3.63, 3.8) is 0 Å². The van der Waals surface area contributed by atoms with E-state index < -0.39 is 0 Å². The van der Waals surface area contributed by atoms with E-state index in [-0.39, 0.29) is 34.7 Å². The van der Waals surface area contributed by atoms with Gasteiger partial charge in [-0.15, -0.1) is 0 Å². The van der Waals surface area contributed by atoms with Gasteiger partial charge in [0.2, 0.25) is 0 Å². The van der Waals surface area contributed by atoms with Gasteiger partial charge in [-0.1, -0.05) is 24.6 Å². The summed E-state index contributed by atoms with van der Waals surface area (Å²) < 4.78 is 5.50. The van der Waals surface area contributed by atoms with E-state index in [4.69, 9.17) is 4.74 Å². The summed E-state index contributed by atoms with van der Waals surface area (Å²) in [5.74, 6) is 1.26. The Labute approximate surface area is 167 Å². The minimum absolute atomic E-state index is 0.0135. The minimum atomic E-state index is -0.228. The smallest absolute Gasteiger partial charge is 0.302 e. The zero-order chi connectivity index (χ0) is 20.3. The van der Waals surface area contributed by atoms with Crippen LogP contribution >= 0.6 is 0 Å². The van der Waals surface area contributed by atoms with Crippen LogP contribution in [0.2, 0.25) is 0 Å². The fourth-order valence-electron chi connectivity index (χ4n) is 7.49. The molecule has 7 atom stereocenters. The normalized spacial score (nSPS) is 46.2. The molecule has 4 rings (SSSR count). The van der Waals surface area contributed by atoms with E-state index in [1.165, 1.54) is 12.5 Å². The first kappa shape index (κ1) is 19.7. The topological polar surface area (TPSA) is 76.0 Å². The number of oxime groups is 1. The Morgan fingerprint density at radius 1 is 1.11 bits per heavy atom. The number of allylic oxidation sites excluding steroid dienone is 1. The number of hydrogen-bond donors (Lipinski definition) is 1.